The van der Waals surface area contributed by atoms with Crippen molar-refractivity contribution in [2.75, 3.05) is 13.6 Å². The van der Waals surface area contributed by atoms with Gasteiger partial charge in [0.15, 0.2) is 0 Å². The average molecular weight is 222 g/mol. The summed E-state index contributed by atoms with van der Waals surface area (Å²) in [6.07, 6.45) is 2.13. The number of nitrogens with one attached hydrogen (secondary N) is 1. The number of likely N-dealkylation sites (N-methyl/N-ethyl adjacent to an activating group) is 1. The summed E-state index contributed by atoms with van der Waals surface area (Å²) < 4.78 is 5.96. The number of nitrogens with zero attached hydrogens (tertiary/aromatic N) is 1. The first-order valence-electron chi connectivity index (χ1n) is 5.99. The van der Waals surface area contributed by atoms with Crippen LogP contribution in [-0.4, -0.2) is 24.7 Å². The van der Waals surface area contributed by atoms with E-state index in [4.69, 9.17) is 4.74 Å². The molecule has 1 unspecified atom stereocenters. The molecule has 0 aromatic carbocycles. The number of pyridine rings is 1. The van der Waals surface area contributed by atoms with Crippen LogP contribution in [0.5, 0.6) is 5.75 Å². The van der Waals surface area contributed by atoms with Crippen LogP contribution in [0.2, 0.25) is 0 Å². The van der Waals surface area contributed by atoms with Crippen LogP contribution in [0.3, 0.4) is 0 Å². The van der Waals surface area contributed by atoms with Crippen LogP contribution in [0.15, 0.2) is 12.1 Å². The monoisotopic (exact) mass is 222 g/mol. The predicted molar refractivity (Wildman–Crippen MR) is 67.0 cm³/mol. The third kappa shape index (κ3) is 3.49. The van der Waals surface area contributed by atoms with Gasteiger partial charge in [-0.15, -0.1) is 0 Å². The molecular formula is C13H22N2O. The van der Waals surface area contributed by atoms with E-state index in [-0.39, 0.29) is 6.10 Å². The molecule has 0 aliphatic carbocycles. The Bertz CT molecular complexity index is 326. The Morgan fingerprint density at radius 2 is 2.12 bits per heavy atom. The first kappa shape index (κ1) is 13.0. The Hall–Kier alpha value is -1.09. The van der Waals surface area contributed by atoms with Crippen molar-refractivity contribution in [3.8, 4) is 5.75 Å². The van der Waals surface area contributed by atoms with Crippen LogP contribution in [0.25, 0.3) is 0 Å². The van der Waals surface area contributed by atoms with Crippen LogP contribution in [0, 0.1) is 6.92 Å². The number of rotatable bonds is 6. The molecular weight excluding hydrogens is 200 g/mol. The zero-order valence-corrected chi connectivity index (χ0v) is 10.7. The van der Waals surface area contributed by atoms with E-state index in [1.54, 1.807) is 0 Å². The second kappa shape index (κ2) is 6.48. The number of aryl methyl sites for hydroxylation is 2. The third-order valence-corrected chi connectivity index (χ3v) is 2.59. The van der Waals surface area contributed by atoms with Crippen molar-refractivity contribution in [2.24, 2.45) is 0 Å². The molecule has 0 aliphatic rings. The van der Waals surface area contributed by atoms with Gasteiger partial charge in [0.05, 0.1) is 5.69 Å². The maximum absolute atomic E-state index is 5.96. The van der Waals surface area contributed by atoms with E-state index in [0.29, 0.717) is 0 Å². The normalized spacial score (nSPS) is 12.5. The van der Waals surface area contributed by atoms with E-state index in [2.05, 4.69) is 24.1 Å². The van der Waals surface area contributed by atoms with Gasteiger partial charge in [-0.25, -0.2) is 0 Å². The lowest BCUT2D eigenvalue weighted by molar-refractivity contribution is 0.193. The van der Waals surface area contributed by atoms with Gasteiger partial charge in [-0.1, -0.05) is 13.8 Å². The fourth-order valence-corrected chi connectivity index (χ4v) is 1.63. The maximum Gasteiger partial charge on any atom is 0.141 e. The molecule has 0 fully saturated rings. The molecule has 3 heteroatoms. The molecule has 0 radical (unpaired) electrons. The van der Waals surface area contributed by atoms with E-state index in [1.807, 2.05) is 26.1 Å². The van der Waals surface area contributed by atoms with Crippen LogP contribution in [-0.2, 0) is 6.42 Å². The van der Waals surface area contributed by atoms with Gasteiger partial charge in [-0.2, -0.15) is 0 Å². The molecule has 1 aromatic rings. The Balaban J connectivity index is 2.78. The number of hydrogen-bond donors (Lipinski definition) is 1. The minimum Gasteiger partial charge on any atom is -0.487 e. The van der Waals surface area contributed by atoms with Crippen molar-refractivity contribution in [3.63, 3.8) is 0 Å². The van der Waals surface area contributed by atoms with E-state index in [1.165, 1.54) is 0 Å². The van der Waals surface area contributed by atoms with Gasteiger partial charge in [0, 0.05) is 12.2 Å². The van der Waals surface area contributed by atoms with Crippen LogP contribution in [0.1, 0.15) is 31.7 Å². The molecule has 3 nitrogen and oxygen atoms in total. The number of aromatic nitrogens is 1. The van der Waals surface area contributed by atoms with E-state index in [0.717, 1.165) is 36.5 Å². The van der Waals surface area contributed by atoms with Gasteiger partial charge in [-0.3, -0.25) is 4.98 Å². The van der Waals surface area contributed by atoms with Gasteiger partial charge in [0.25, 0.3) is 0 Å². The Labute approximate surface area is 98.2 Å². The predicted octanol–water partition coefficient (Wildman–Crippen LogP) is 2.33. The summed E-state index contributed by atoms with van der Waals surface area (Å²) in [6, 6.07) is 4.03. The van der Waals surface area contributed by atoms with Gasteiger partial charge in [0.1, 0.15) is 11.9 Å². The van der Waals surface area contributed by atoms with Gasteiger partial charge in [0.2, 0.25) is 0 Å². The minimum absolute atomic E-state index is 0.222. The van der Waals surface area contributed by atoms with Crippen LogP contribution >= 0.6 is 0 Å². The molecule has 1 N–H and O–H groups in total. The largest absolute Gasteiger partial charge is 0.487 e. The van der Waals surface area contributed by atoms with Crippen molar-refractivity contribution in [3.05, 3.63) is 23.5 Å². The smallest absolute Gasteiger partial charge is 0.141 e. The van der Waals surface area contributed by atoms with Crippen LogP contribution in [0.4, 0.5) is 0 Å². The van der Waals surface area contributed by atoms with Crippen molar-refractivity contribution >= 4 is 0 Å². The fourth-order valence-electron chi connectivity index (χ4n) is 1.63. The van der Waals surface area contributed by atoms with E-state index >= 15 is 0 Å². The van der Waals surface area contributed by atoms with Crippen LogP contribution < -0.4 is 10.1 Å². The fraction of sp³-hybridized carbons (Fsp3) is 0.615. The molecule has 16 heavy (non-hydrogen) atoms. The lowest BCUT2D eigenvalue weighted by atomic mass is 10.2. The lowest BCUT2D eigenvalue weighted by Crippen LogP contribution is -2.28. The Morgan fingerprint density at radius 1 is 1.38 bits per heavy atom. The maximum atomic E-state index is 5.96. The van der Waals surface area contributed by atoms with Crippen molar-refractivity contribution in [1.82, 2.24) is 10.3 Å². The first-order chi connectivity index (χ1) is 7.71. The zero-order chi connectivity index (χ0) is 12.0. The molecule has 1 rings (SSSR count). The van der Waals surface area contributed by atoms with E-state index in [9.17, 15) is 0 Å². The van der Waals surface area contributed by atoms with Gasteiger partial charge < -0.3 is 10.1 Å². The highest BCUT2D eigenvalue weighted by Crippen LogP contribution is 2.19. The summed E-state index contributed by atoms with van der Waals surface area (Å²) >= 11 is 0. The topological polar surface area (TPSA) is 34.1 Å². The lowest BCUT2D eigenvalue weighted by Gasteiger charge is -2.19. The van der Waals surface area contributed by atoms with Crippen molar-refractivity contribution in [1.29, 1.82) is 0 Å². The zero-order valence-electron chi connectivity index (χ0n) is 10.7. The molecule has 0 bridgehead atoms. The average Bonchev–Trinajstić information content (AvgIpc) is 2.30. The van der Waals surface area contributed by atoms with Gasteiger partial charge >= 0.3 is 0 Å². The van der Waals surface area contributed by atoms with Crippen molar-refractivity contribution in [2.45, 2.75) is 39.7 Å². The Kier molecular flexibility index (Phi) is 5.26. The quantitative estimate of drug-likeness (QED) is 0.802. The summed E-state index contributed by atoms with van der Waals surface area (Å²) in [6.45, 7) is 7.12. The molecule has 0 amide bonds. The summed E-state index contributed by atoms with van der Waals surface area (Å²) in [5.74, 6) is 0.926. The summed E-state index contributed by atoms with van der Waals surface area (Å²) in [4.78, 5) is 4.49. The molecule has 0 aliphatic heterocycles. The highest BCUT2D eigenvalue weighted by molar-refractivity contribution is 5.29. The SMILES string of the molecule is CCc1nc(C)ccc1OC(CC)CNC. The minimum atomic E-state index is 0.222. The molecule has 1 aromatic heterocycles. The second-order valence-corrected chi connectivity index (χ2v) is 3.96. The standard InChI is InChI=1S/C13H22N2O/c1-5-11(9-14-4)16-13-8-7-10(3)15-12(13)6-2/h7-8,11,14H,5-6,9H2,1-4H3. The van der Waals surface area contributed by atoms with E-state index < -0.39 is 0 Å². The first-order valence-corrected chi connectivity index (χ1v) is 5.99. The molecule has 0 spiro atoms. The van der Waals surface area contributed by atoms with Gasteiger partial charge in [-0.05, 0) is 38.9 Å². The molecule has 0 saturated carbocycles. The summed E-state index contributed by atoms with van der Waals surface area (Å²) in [7, 11) is 1.94. The molecule has 1 heterocycles. The molecule has 90 valence electrons. The highest BCUT2D eigenvalue weighted by Gasteiger charge is 2.10. The summed E-state index contributed by atoms with van der Waals surface area (Å²) in [5.41, 5.74) is 2.10. The second-order valence-electron chi connectivity index (χ2n) is 3.96. The number of ether oxygens (including phenoxy) is 1. The molecule has 0 saturated heterocycles. The summed E-state index contributed by atoms with van der Waals surface area (Å²) in [5, 5.41) is 3.14. The molecule has 1 atom stereocenters. The number of hydrogen-bond acceptors (Lipinski definition) is 3. The third-order valence-electron chi connectivity index (χ3n) is 2.59. The highest BCUT2D eigenvalue weighted by atomic mass is 16.5. The Morgan fingerprint density at radius 3 is 2.69 bits per heavy atom. The van der Waals surface area contributed by atoms with Crippen molar-refractivity contribution < 1.29 is 4.74 Å².